The molecule has 20 heavy (non-hydrogen) atoms. The van der Waals surface area contributed by atoms with Gasteiger partial charge in [0.25, 0.3) is 0 Å². The average Bonchev–Trinajstić information content (AvgIpc) is 2.88. The Hall–Kier alpha value is -2.83. The number of hydrogen-bond donors (Lipinski definition) is 1. The molecule has 3 rings (SSSR count). The number of pyridine rings is 1. The van der Waals surface area contributed by atoms with E-state index in [1.165, 1.54) is 17.1 Å². The number of hydrogen-bond acceptors (Lipinski definition) is 5. The zero-order valence-corrected chi connectivity index (χ0v) is 10.5. The Morgan fingerprint density at radius 1 is 1.40 bits per heavy atom. The van der Waals surface area contributed by atoms with Crippen LogP contribution in [0.4, 0.5) is 10.2 Å². The molecule has 1 N–H and O–H groups in total. The van der Waals surface area contributed by atoms with Gasteiger partial charge in [0.05, 0.1) is 0 Å². The first-order valence-electron chi connectivity index (χ1n) is 5.93. The topological polar surface area (TPSA) is 68.5 Å². The third kappa shape index (κ3) is 2.20. The number of rotatable bonds is 4. The fourth-order valence-electron chi connectivity index (χ4n) is 1.84. The van der Waals surface area contributed by atoms with Gasteiger partial charge in [0.1, 0.15) is 6.33 Å². The van der Waals surface area contributed by atoms with Crippen LogP contribution in [0.2, 0.25) is 0 Å². The van der Waals surface area contributed by atoms with Gasteiger partial charge >= 0.3 is 6.08 Å². The molecule has 6 nitrogen and oxygen atoms in total. The SMILES string of the molecule is C=Cn1cnc2c(NCc3cccnc3)nc(F)nc21. The zero-order valence-electron chi connectivity index (χ0n) is 10.5. The fraction of sp³-hybridized carbons (Fsp3) is 0.0769. The number of anilines is 1. The molecule has 3 aromatic heterocycles. The highest BCUT2D eigenvalue weighted by atomic mass is 19.1. The highest BCUT2D eigenvalue weighted by Crippen LogP contribution is 2.19. The second kappa shape index (κ2) is 5.04. The van der Waals surface area contributed by atoms with Crippen molar-refractivity contribution >= 4 is 23.2 Å². The van der Waals surface area contributed by atoms with E-state index in [1.54, 1.807) is 12.4 Å². The molecule has 3 aromatic rings. The smallest absolute Gasteiger partial charge is 0.312 e. The second-order valence-corrected chi connectivity index (χ2v) is 4.06. The third-order valence-corrected chi connectivity index (χ3v) is 2.77. The molecule has 0 saturated heterocycles. The lowest BCUT2D eigenvalue weighted by atomic mass is 10.3. The van der Waals surface area contributed by atoms with E-state index in [2.05, 4.69) is 31.8 Å². The summed E-state index contributed by atoms with van der Waals surface area (Å²) in [6.45, 7) is 4.09. The number of nitrogens with one attached hydrogen (secondary N) is 1. The molecule has 100 valence electrons. The van der Waals surface area contributed by atoms with E-state index in [1.807, 2.05) is 12.1 Å². The maximum atomic E-state index is 13.5. The number of imidazole rings is 1. The molecule has 7 heteroatoms. The molecular formula is C13H11FN6. The summed E-state index contributed by atoms with van der Waals surface area (Å²) < 4.78 is 15.0. The van der Waals surface area contributed by atoms with Gasteiger partial charge in [-0.15, -0.1) is 0 Å². The predicted octanol–water partition coefficient (Wildman–Crippen LogP) is 2.07. The van der Waals surface area contributed by atoms with Crippen LogP contribution in [0.3, 0.4) is 0 Å². The van der Waals surface area contributed by atoms with Crippen molar-refractivity contribution < 1.29 is 4.39 Å². The minimum Gasteiger partial charge on any atom is -0.364 e. The minimum absolute atomic E-state index is 0.344. The first-order chi connectivity index (χ1) is 9.78. The van der Waals surface area contributed by atoms with E-state index in [9.17, 15) is 4.39 Å². The van der Waals surface area contributed by atoms with Crippen molar-refractivity contribution in [1.82, 2.24) is 24.5 Å². The Balaban J connectivity index is 1.95. The number of aromatic nitrogens is 5. The van der Waals surface area contributed by atoms with Crippen LogP contribution in [0, 0.1) is 6.08 Å². The van der Waals surface area contributed by atoms with Crippen LogP contribution in [0.25, 0.3) is 17.4 Å². The largest absolute Gasteiger partial charge is 0.364 e. The third-order valence-electron chi connectivity index (χ3n) is 2.77. The zero-order chi connectivity index (χ0) is 13.9. The Labute approximate surface area is 114 Å². The molecule has 0 fully saturated rings. The molecule has 0 aromatic carbocycles. The maximum absolute atomic E-state index is 13.5. The lowest BCUT2D eigenvalue weighted by molar-refractivity contribution is 0.544. The van der Waals surface area contributed by atoms with E-state index in [0.29, 0.717) is 23.5 Å². The molecule has 0 saturated carbocycles. The van der Waals surface area contributed by atoms with Crippen molar-refractivity contribution in [2.24, 2.45) is 0 Å². The molecule has 0 aliphatic carbocycles. The van der Waals surface area contributed by atoms with E-state index in [-0.39, 0.29) is 0 Å². The fourth-order valence-corrected chi connectivity index (χ4v) is 1.84. The van der Waals surface area contributed by atoms with E-state index in [4.69, 9.17) is 0 Å². The Bertz CT molecular complexity index is 752. The average molecular weight is 270 g/mol. The van der Waals surface area contributed by atoms with Crippen LogP contribution in [-0.2, 0) is 6.54 Å². The van der Waals surface area contributed by atoms with Crippen molar-refractivity contribution in [2.75, 3.05) is 5.32 Å². The van der Waals surface area contributed by atoms with Crippen molar-refractivity contribution in [1.29, 1.82) is 0 Å². The van der Waals surface area contributed by atoms with Crippen molar-refractivity contribution in [3.05, 3.63) is 49.1 Å². The Kier molecular flexibility index (Phi) is 3.08. The summed E-state index contributed by atoms with van der Waals surface area (Å²) in [5.41, 5.74) is 1.83. The quantitative estimate of drug-likeness (QED) is 0.735. The van der Waals surface area contributed by atoms with Crippen LogP contribution in [-0.4, -0.2) is 24.5 Å². The summed E-state index contributed by atoms with van der Waals surface area (Å²) in [6, 6.07) is 3.75. The lowest BCUT2D eigenvalue weighted by Gasteiger charge is -2.06. The van der Waals surface area contributed by atoms with Crippen LogP contribution in [0.5, 0.6) is 0 Å². The van der Waals surface area contributed by atoms with Crippen molar-refractivity contribution in [2.45, 2.75) is 6.54 Å². The second-order valence-electron chi connectivity index (χ2n) is 4.06. The summed E-state index contributed by atoms with van der Waals surface area (Å²) in [5.74, 6) is 0.344. The summed E-state index contributed by atoms with van der Waals surface area (Å²) in [5, 5.41) is 3.04. The summed E-state index contributed by atoms with van der Waals surface area (Å²) >= 11 is 0. The normalized spacial score (nSPS) is 10.7. The van der Waals surface area contributed by atoms with Gasteiger partial charge in [-0.25, -0.2) is 4.98 Å². The van der Waals surface area contributed by atoms with E-state index in [0.717, 1.165) is 5.56 Å². The highest BCUT2D eigenvalue weighted by Gasteiger charge is 2.12. The molecule has 0 radical (unpaired) electrons. The summed E-state index contributed by atoms with van der Waals surface area (Å²) in [4.78, 5) is 15.6. The van der Waals surface area contributed by atoms with E-state index < -0.39 is 6.08 Å². The first-order valence-corrected chi connectivity index (χ1v) is 5.93. The summed E-state index contributed by atoms with van der Waals surface area (Å²) in [7, 11) is 0. The van der Waals surface area contributed by atoms with Gasteiger partial charge in [-0.3, -0.25) is 9.55 Å². The highest BCUT2D eigenvalue weighted by molar-refractivity contribution is 5.83. The van der Waals surface area contributed by atoms with Gasteiger partial charge in [0.15, 0.2) is 17.0 Å². The standard InChI is InChI=1S/C13H11FN6/c1-2-20-8-17-10-11(18-13(14)19-12(10)20)16-7-9-4-3-5-15-6-9/h2-6,8H,1,7H2,(H,16,18,19). The minimum atomic E-state index is -0.810. The maximum Gasteiger partial charge on any atom is 0.312 e. The molecule has 0 amide bonds. The molecule has 3 heterocycles. The molecular weight excluding hydrogens is 259 g/mol. The predicted molar refractivity (Wildman–Crippen MR) is 73.2 cm³/mol. The number of nitrogens with zero attached hydrogens (tertiary/aromatic N) is 5. The van der Waals surface area contributed by atoms with Gasteiger partial charge in [0, 0.05) is 25.1 Å². The van der Waals surface area contributed by atoms with Crippen LogP contribution in [0.15, 0.2) is 37.4 Å². The van der Waals surface area contributed by atoms with Gasteiger partial charge in [-0.2, -0.15) is 14.4 Å². The van der Waals surface area contributed by atoms with Crippen LogP contribution < -0.4 is 5.32 Å². The Morgan fingerprint density at radius 2 is 2.30 bits per heavy atom. The molecule has 0 aliphatic rings. The van der Waals surface area contributed by atoms with Crippen molar-refractivity contribution in [3.8, 4) is 0 Å². The number of fused-ring (bicyclic) bond motifs is 1. The van der Waals surface area contributed by atoms with Gasteiger partial charge in [-0.1, -0.05) is 12.6 Å². The first kappa shape index (κ1) is 12.2. The van der Waals surface area contributed by atoms with E-state index >= 15 is 0 Å². The van der Waals surface area contributed by atoms with Crippen LogP contribution >= 0.6 is 0 Å². The molecule has 0 unspecified atom stereocenters. The lowest BCUT2D eigenvalue weighted by Crippen LogP contribution is -2.05. The molecule has 0 spiro atoms. The molecule has 0 aliphatic heterocycles. The summed E-state index contributed by atoms with van der Waals surface area (Å²) in [6.07, 6.45) is 5.63. The van der Waals surface area contributed by atoms with Crippen LogP contribution in [0.1, 0.15) is 5.56 Å². The monoisotopic (exact) mass is 270 g/mol. The Morgan fingerprint density at radius 3 is 3.05 bits per heavy atom. The van der Waals surface area contributed by atoms with Gasteiger partial charge in [0.2, 0.25) is 0 Å². The molecule has 0 bridgehead atoms. The van der Waals surface area contributed by atoms with Gasteiger partial charge in [-0.05, 0) is 11.6 Å². The molecule has 0 atom stereocenters. The van der Waals surface area contributed by atoms with Crippen molar-refractivity contribution in [3.63, 3.8) is 0 Å². The van der Waals surface area contributed by atoms with Gasteiger partial charge < -0.3 is 5.32 Å². The number of halogens is 1.